The number of fused-ring (bicyclic) bond motifs is 1. The van der Waals surface area contributed by atoms with E-state index in [-0.39, 0.29) is 4.90 Å². The number of anilines is 1. The molecule has 1 N–H and O–H groups in total. The van der Waals surface area contributed by atoms with Gasteiger partial charge in [-0.1, -0.05) is 48.5 Å². The number of pyridine rings is 1. The maximum Gasteiger partial charge on any atom is 0.269 e. The zero-order valence-corrected chi connectivity index (χ0v) is 17.1. The van der Waals surface area contributed by atoms with Crippen LogP contribution in [0.2, 0.25) is 0 Å². The first-order chi connectivity index (χ1) is 14.7. The highest BCUT2D eigenvalue weighted by Crippen LogP contribution is 2.33. The number of imidazole rings is 1. The van der Waals surface area contributed by atoms with Gasteiger partial charge in [-0.3, -0.25) is 0 Å². The average molecular weight is 420 g/mol. The Morgan fingerprint density at radius 1 is 0.867 bits per heavy atom. The van der Waals surface area contributed by atoms with Gasteiger partial charge in [-0.25, -0.2) is 22.4 Å². The first-order valence-corrected chi connectivity index (χ1v) is 11.3. The van der Waals surface area contributed by atoms with Crippen LogP contribution in [0.4, 0.5) is 5.82 Å². The Labute approximate surface area is 175 Å². The van der Waals surface area contributed by atoms with Gasteiger partial charge in [-0.2, -0.15) is 0 Å². The summed E-state index contributed by atoms with van der Waals surface area (Å²) in [7, 11) is -3.85. The highest BCUT2D eigenvalue weighted by atomic mass is 32.2. The number of nitrogens with zero attached hydrogens (tertiary/aromatic N) is 4. The Morgan fingerprint density at radius 2 is 1.53 bits per heavy atom. The normalized spacial score (nSPS) is 14.9. The fraction of sp³-hybridized carbons (Fsp3) is 0.182. The highest BCUT2D eigenvalue weighted by Gasteiger charge is 2.27. The van der Waals surface area contributed by atoms with Crippen molar-refractivity contribution in [3.8, 4) is 11.4 Å². The molecule has 152 valence electrons. The van der Waals surface area contributed by atoms with Crippen LogP contribution < -0.4 is 10.2 Å². The van der Waals surface area contributed by atoms with Crippen LogP contribution in [0.1, 0.15) is 0 Å². The lowest BCUT2D eigenvalue weighted by atomic mass is 10.2. The van der Waals surface area contributed by atoms with Gasteiger partial charge in [0.05, 0.1) is 10.4 Å². The molecule has 0 spiro atoms. The molecule has 30 heavy (non-hydrogen) atoms. The molecule has 3 heterocycles. The third-order valence-electron chi connectivity index (χ3n) is 5.24. The minimum Gasteiger partial charge on any atom is -0.352 e. The molecule has 4 aromatic rings. The van der Waals surface area contributed by atoms with Crippen molar-refractivity contribution in [1.29, 1.82) is 0 Å². The van der Waals surface area contributed by atoms with Crippen LogP contribution in [0.5, 0.6) is 0 Å². The second-order valence-corrected chi connectivity index (χ2v) is 8.91. The van der Waals surface area contributed by atoms with Crippen molar-refractivity contribution in [2.24, 2.45) is 0 Å². The van der Waals surface area contributed by atoms with E-state index >= 15 is 0 Å². The average Bonchev–Trinajstić information content (AvgIpc) is 3.21. The van der Waals surface area contributed by atoms with Crippen LogP contribution in [0.25, 0.3) is 22.4 Å². The first kappa shape index (κ1) is 18.8. The molecule has 0 radical (unpaired) electrons. The van der Waals surface area contributed by atoms with Crippen molar-refractivity contribution in [2.75, 3.05) is 31.1 Å². The van der Waals surface area contributed by atoms with Crippen LogP contribution in [0, 0.1) is 0 Å². The number of hydrogen-bond donors (Lipinski definition) is 1. The third kappa shape index (κ3) is 3.14. The quantitative estimate of drug-likeness (QED) is 0.548. The smallest absolute Gasteiger partial charge is 0.269 e. The minimum atomic E-state index is -3.85. The lowest BCUT2D eigenvalue weighted by molar-refractivity contribution is 0.586. The summed E-state index contributed by atoms with van der Waals surface area (Å²) in [4.78, 5) is 11.7. The van der Waals surface area contributed by atoms with Crippen molar-refractivity contribution < 1.29 is 8.42 Å². The van der Waals surface area contributed by atoms with Gasteiger partial charge in [0.2, 0.25) is 0 Å². The van der Waals surface area contributed by atoms with Crippen LogP contribution in [-0.2, 0) is 10.0 Å². The van der Waals surface area contributed by atoms with Gasteiger partial charge in [0, 0.05) is 37.9 Å². The lowest BCUT2D eigenvalue weighted by Crippen LogP contribution is -2.44. The number of aromatic nitrogens is 3. The predicted octanol–water partition coefficient (Wildman–Crippen LogP) is 2.74. The van der Waals surface area contributed by atoms with Crippen LogP contribution in [0.15, 0.2) is 77.8 Å². The molecule has 1 aliphatic heterocycles. The Bertz CT molecular complexity index is 1280. The zero-order chi connectivity index (χ0) is 20.6. The molecular weight excluding hydrogens is 398 g/mol. The van der Waals surface area contributed by atoms with E-state index in [1.807, 2.05) is 30.3 Å². The van der Waals surface area contributed by atoms with E-state index in [1.54, 1.807) is 42.6 Å². The number of benzene rings is 2. The molecule has 0 bridgehead atoms. The fourth-order valence-corrected chi connectivity index (χ4v) is 5.28. The predicted molar refractivity (Wildman–Crippen MR) is 117 cm³/mol. The maximum atomic E-state index is 13.7. The van der Waals surface area contributed by atoms with E-state index < -0.39 is 10.0 Å². The second-order valence-electron chi connectivity index (χ2n) is 7.12. The van der Waals surface area contributed by atoms with E-state index in [1.165, 1.54) is 3.97 Å². The fourth-order valence-electron chi connectivity index (χ4n) is 3.79. The summed E-state index contributed by atoms with van der Waals surface area (Å²) in [6.45, 7) is 3.30. The number of rotatable bonds is 4. The van der Waals surface area contributed by atoms with E-state index in [2.05, 4.69) is 15.2 Å². The van der Waals surface area contributed by atoms with Gasteiger partial charge in [-0.05, 0) is 18.2 Å². The van der Waals surface area contributed by atoms with Crippen LogP contribution in [0.3, 0.4) is 0 Å². The van der Waals surface area contributed by atoms with Gasteiger partial charge in [0.1, 0.15) is 5.52 Å². The summed E-state index contributed by atoms with van der Waals surface area (Å²) < 4.78 is 28.7. The molecule has 0 amide bonds. The summed E-state index contributed by atoms with van der Waals surface area (Å²) >= 11 is 0. The monoisotopic (exact) mass is 419 g/mol. The van der Waals surface area contributed by atoms with Gasteiger partial charge in [0.15, 0.2) is 11.6 Å². The SMILES string of the molecule is O=S(=O)(c1ccccc1)n1c(-c2ccccc2)nc2c(N3CCNCC3)nccc21. The highest BCUT2D eigenvalue weighted by molar-refractivity contribution is 7.90. The van der Waals surface area contributed by atoms with E-state index in [0.717, 1.165) is 31.7 Å². The molecule has 0 aliphatic carbocycles. The van der Waals surface area contributed by atoms with Gasteiger partial charge in [0.25, 0.3) is 10.0 Å². The van der Waals surface area contributed by atoms with E-state index in [4.69, 9.17) is 4.98 Å². The number of hydrogen-bond acceptors (Lipinski definition) is 6. The molecule has 5 rings (SSSR count). The molecule has 2 aromatic heterocycles. The molecule has 1 saturated heterocycles. The Kier molecular flexibility index (Phi) is 4.72. The molecule has 1 fully saturated rings. The number of piperazine rings is 1. The molecule has 0 saturated carbocycles. The van der Waals surface area contributed by atoms with Crippen molar-refractivity contribution in [3.05, 3.63) is 72.9 Å². The topological polar surface area (TPSA) is 80.1 Å². The van der Waals surface area contributed by atoms with E-state index in [9.17, 15) is 8.42 Å². The van der Waals surface area contributed by atoms with Gasteiger partial charge in [-0.15, -0.1) is 0 Å². The van der Waals surface area contributed by atoms with Gasteiger partial charge < -0.3 is 10.2 Å². The van der Waals surface area contributed by atoms with E-state index in [0.29, 0.717) is 22.7 Å². The molecule has 8 heteroatoms. The van der Waals surface area contributed by atoms with Crippen molar-refractivity contribution >= 4 is 26.9 Å². The summed E-state index contributed by atoms with van der Waals surface area (Å²) in [5.41, 5.74) is 1.86. The standard InChI is InChI=1S/C22H21N5O2S/c28-30(29,18-9-5-2-6-10-18)27-19-11-12-24-22(26-15-13-23-14-16-26)20(19)25-21(27)17-7-3-1-4-8-17/h1-12,23H,13-16H2. The van der Waals surface area contributed by atoms with Crippen molar-refractivity contribution in [3.63, 3.8) is 0 Å². The summed E-state index contributed by atoms with van der Waals surface area (Å²) in [6, 6.07) is 19.6. The lowest BCUT2D eigenvalue weighted by Gasteiger charge is -2.28. The Balaban J connectivity index is 1.80. The molecule has 0 unspecified atom stereocenters. The maximum absolute atomic E-state index is 13.7. The molecule has 2 aromatic carbocycles. The number of nitrogens with one attached hydrogen (secondary N) is 1. The summed E-state index contributed by atoms with van der Waals surface area (Å²) in [5.74, 6) is 1.10. The second kappa shape index (κ2) is 7.55. The molecule has 7 nitrogen and oxygen atoms in total. The Hall–Kier alpha value is -3.23. The van der Waals surface area contributed by atoms with Gasteiger partial charge >= 0.3 is 0 Å². The minimum absolute atomic E-state index is 0.224. The third-order valence-corrected chi connectivity index (χ3v) is 6.96. The molecular formula is C22H21N5O2S. The van der Waals surface area contributed by atoms with Crippen molar-refractivity contribution in [1.82, 2.24) is 19.3 Å². The summed E-state index contributed by atoms with van der Waals surface area (Å²) in [5, 5.41) is 3.33. The largest absolute Gasteiger partial charge is 0.352 e. The van der Waals surface area contributed by atoms with Crippen molar-refractivity contribution in [2.45, 2.75) is 4.90 Å². The Morgan fingerprint density at radius 3 is 2.23 bits per heavy atom. The first-order valence-electron chi connectivity index (χ1n) is 9.85. The van der Waals surface area contributed by atoms with Crippen LogP contribution in [-0.4, -0.2) is 48.5 Å². The zero-order valence-electron chi connectivity index (χ0n) is 16.3. The van der Waals surface area contributed by atoms with Crippen LogP contribution >= 0.6 is 0 Å². The summed E-state index contributed by atoms with van der Waals surface area (Å²) in [6.07, 6.45) is 1.66. The molecule has 1 aliphatic rings. The molecule has 0 atom stereocenters.